The highest BCUT2D eigenvalue weighted by atomic mass is 35.5. The number of nitrogens with two attached hydrogens (primary N) is 1. The van der Waals surface area contributed by atoms with Gasteiger partial charge in [-0.3, -0.25) is 5.73 Å². The Labute approximate surface area is 78.6 Å². The normalized spacial score (nSPS) is 28.6. The van der Waals surface area contributed by atoms with E-state index in [4.69, 9.17) is 34.0 Å². The minimum Gasteiger partial charge on any atom is -0.478 e. The van der Waals surface area contributed by atoms with Crippen molar-refractivity contribution in [2.45, 2.75) is 5.66 Å². The van der Waals surface area contributed by atoms with E-state index < -0.39 is 11.6 Å². The summed E-state index contributed by atoms with van der Waals surface area (Å²) in [5.74, 6) is -1.26. The molecule has 0 saturated heterocycles. The maximum atomic E-state index is 10.6. The summed E-state index contributed by atoms with van der Waals surface area (Å²) in [5.41, 5.74) is 3.64. The molecular weight excluding hydrogens is 203 g/mol. The van der Waals surface area contributed by atoms with Gasteiger partial charge in [0.15, 0.2) is 0 Å². The van der Waals surface area contributed by atoms with Crippen molar-refractivity contribution in [3.05, 3.63) is 22.3 Å². The molecule has 0 spiro atoms. The van der Waals surface area contributed by atoms with E-state index in [2.05, 4.69) is 5.32 Å². The van der Waals surface area contributed by atoms with Crippen LogP contribution in [0.4, 0.5) is 0 Å². The van der Waals surface area contributed by atoms with E-state index in [1.807, 2.05) is 0 Å². The molecule has 66 valence electrons. The Hall–Kier alpha value is -0.710. The molecule has 0 amide bonds. The van der Waals surface area contributed by atoms with Crippen LogP contribution < -0.4 is 11.1 Å². The lowest BCUT2D eigenvalue weighted by Gasteiger charge is -2.27. The van der Waals surface area contributed by atoms with E-state index in [0.717, 1.165) is 0 Å². The molecular formula is C6H6Cl2N2O2. The predicted octanol–water partition coefficient (Wildman–Crippen LogP) is 0.532. The SMILES string of the molecule is NC1(C(=O)O)NC=C(Cl)C=C1Cl. The third-order valence-corrected chi connectivity index (χ3v) is 2.04. The summed E-state index contributed by atoms with van der Waals surface area (Å²) >= 11 is 11.1. The van der Waals surface area contributed by atoms with Crippen molar-refractivity contribution in [1.29, 1.82) is 0 Å². The fraction of sp³-hybridized carbons (Fsp3) is 0.167. The van der Waals surface area contributed by atoms with Crippen LogP contribution >= 0.6 is 23.2 Å². The van der Waals surface area contributed by atoms with Crippen molar-refractivity contribution >= 4 is 29.2 Å². The molecule has 0 aromatic heterocycles. The molecule has 1 aliphatic heterocycles. The van der Waals surface area contributed by atoms with Crippen molar-refractivity contribution in [1.82, 2.24) is 5.32 Å². The van der Waals surface area contributed by atoms with Gasteiger partial charge in [0.25, 0.3) is 0 Å². The summed E-state index contributed by atoms with van der Waals surface area (Å²) in [5, 5.41) is 11.3. The van der Waals surface area contributed by atoms with Crippen LogP contribution in [0.25, 0.3) is 0 Å². The number of aliphatic carboxylic acids is 1. The average Bonchev–Trinajstić information content (AvgIpc) is 1.97. The molecule has 0 fully saturated rings. The maximum Gasteiger partial charge on any atom is 0.350 e. The van der Waals surface area contributed by atoms with E-state index in [9.17, 15) is 4.79 Å². The molecule has 0 aliphatic carbocycles. The molecule has 4 nitrogen and oxygen atoms in total. The third-order valence-electron chi connectivity index (χ3n) is 1.42. The molecule has 0 bridgehead atoms. The standard InChI is InChI=1S/C6H6Cl2N2O2/c7-3-1-4(8)6(9,5(11)12)10-2-3/h1-2,10H,9H2,(H,11,12). The topological polar surface area (TPSA) is 75.4 Å². The molecule has 1 unspecified atom stereocenters. The lowest BCUT2D eigenvalue weighted by Crippen LogP contribution is -2.59. The highest BCUT2D eigenvalue weighted by Crippen LogP contribution is 2.23. The Morgan fingerprint density at radius 2 is 2.25 bits per heavy atom. The first-order valence-corrected chi connectivity index (χ1v) is 3.76. The van der Waals surface area contributed by atoms with Crippen LogP contribution in [-0.2, 0) is 4.79 Å². The third kappa shape index (κ3) is 1.41. The highest BCUT2D eigenvalue weighted by Gasteiger charge is 2.38. The number of hydrogen-bond acceptors (Lipinski definition) is 3. The van der Waals surface area contributed by atoms with Gasteiger partial charge in [-0.1, -0.05) is 23.2 Å². The number of carboxylic acid groups (broad SMARTS) is 1. The van der Waals surface area contributed by atoms with Gasteiger partial charge in [0, 0.05) is 6.20 Å². The number of carboxylic acids is 1. The van der Waals surface area contributed by atoms with Gasteiger partial charge in [-0.05, 0) is 6.08 Å². The van der Waals surface area contributed by atoms with Crippen LogP contribution in [-0.4, -0.2) is 16.7 Å². The van der Waals surface area contributed by atoms with E-state index >= 15 is 0 Å². The summed E-state index contributed by atoms with van der Waals surface area (Å²) in [6.45, 7) is 0. The van der Waals surface area contributed by atoms with Gasteiger partial charge >= 0.3 is 5.97 Å². The maximum absolute atomic E-state index is 10.6. The molecule has 1 heterocycles. The fourth-order valence-electron chi connectivity index (χ4n) is 0.692. The first kappa shape index (κ1) is 9.38. The molecule has 0 aromatic carbocycles. The lowest BCUT2D eigenvalue weighted by atomic mass is 10.1. The zero-order valence-corrected chi connectivity index (χ0v) is 7.36. The Balaban J connectivity index is 3.01. The minimum absolute atomic E-state index is 0.0532. The monoisotopic (exact) mass is 208 g/mol. The van der Waals surface area contributed by atoms with Gasteiger partial charge in [0.1, 0.15) is 0 Å². The summed E-state index contributed by atoms with van der Waals surface area (Å²) < 4.78 is 0. The molecule has 1 aliphatic rings. The zero-order chi connectivity index (χ0) is 9.35. The quantitative estimate of drug-likeness (QED) is 0.588. The number of hydrogen-bond donors (Lipinski definition) is 3. The number of nitrogens with one attached hydrogen (secondary N) is 1. The van der Waals surface area contributed by atoms with Crippen LogP contribution in [0.3, 0.4) is 0 Å². The highest BCUT2D eigenvalue weighted by molar-refractivity contribution is 6.36. The first-order valence-electron chi connectivity index (χ1n) is 3.00. The van der Waals surface area contributed by atoms with Crippen molar-refractivity contribution < 1.29 is 9.90 Å². The number of halogens is 2. The van der Waals surface area contributed by atoms with Gasteiger partial charge < -0.3 is 10.4 Å². The van der Waals surface area contributed by atoms with Gasteiger partial charge in [-0.25, -0.2) is 4.79 Å². The Morgan fingerprint density at radius 3 is 2.67 bits per heavy atom. The van der Waals surface area contributed by atoms with E-state index in [0.29, 0.717) is 5.03 Å². The van der Waals surface area contributed by atoms with Crippen LogP contribution in [0.5, 0.6) is 0 Å². The Kier molecular flexibility index (Phi) is 2.32. The molecule has 1 rings (SSSR count). The fourth-order valence-corrected chi connectivity index (χ4v) is 1.16. The van der Waals surface area contributed by atoms with E-state index in [-0.39, 0.29) is 5.03 Å². The van der Waals surface area contributed by atoms with Gasteiger partial charge in [-0.15, -0.1) is 0 Å². The second-order valence-electron chi connectivity index (χ2n) is 2.28. The van der Waals surface area contributed by atoms with Crippen LogP contribution in [0.15, 0.2) is 22.3 Å². The summed E-state index contributed by atoms with van der Waals surface area (Å²) in [6.07, 6.45) is 2.56. The van der Waals surface area contributed by atoms with Gasteiger partial charge in [-0.2, -0.15) is 0 Å². The number of dihydropyridines is 1. The molecule has 0 aromatic rings. The molecule has 4 N–H and O–H groups in total. The first-order chi connectivity index (χ1) is 5.47. The second-order valence-corrected chi connectivity index (χ2v) is 3.12. The van der Waals surface area contributed by atoms with Crippen molar-refractivity contribution in [3.63, 3.8) is 0 Å². The smallest absolute Gasteiger partial charge is 0.350 e. The number of allylic oxidation sites excluding steroid dienone is 2. The molecule has 0 radical (unpaired) electrons. The number of rotatable bonds is 1. The summed E-state index contributed by atoms with van der Waals surface area (Å²) in [4.78, 5) is 10.6. The van der Waals surface area contributed by atoms with Crippen LogP contribution in [0.2, 0.25) is 0 Å². The lowest BCUT2D eigenvalue weighted by molar-refractivity contribution is -0.142. The molecule has 6 heteroatoms. The average molecular weight is 209 g/mol. The molecule has 12 heavy (non-hydrogen) atoms. The van der Waals surface area contributed by atoms with E-state index in [1.54, 1.807) is 0 Å². The number of carbonyl (C=O) groups is 1. The van der Waals surface area contributed by atoms with Gasteiger partial charge in [0.2, 0.25) is 5.66 Å². The summed E-state index contributed by atoms with van der Waals surface area (Å²) in [6, 6.07) is 0. The minimum atomic E-state index is -1.75. The second kappa shape index (κ2) is 2.97. The van der Waals surface area contributed by atoms with E-state index in [1.165, 1.54) is 12.3 Å². The molecule has 0 saturated carbocycles. The van der Waals surface area contributed by atoms with Crippen molar-refractivity contribution in [2.24, 2.45) is 5.73 Å². The zero-order valence-electron chi connectivity index (χ0n) is 5.84. The Morgan fingerprint density at radius 1 is 1.67 bits per heavy atom. The predicted molar refractivity (Wildman–Crippen MR) is 45.6 cm³/mol. The Bertz CT molecular complexity index is 287. The summed E-state index contributed by atoms with van der Waals surface area (Å²) in [7, 11) is 0. The van der Waals surface area contributed by atoms with Crippen molar-refractivity contribution in [2.75, 3.05) is 0 Å². The van der Waals surface area contributed by atoms with Crippen molar-refractivity contribution in [3.8, 4) is 0 Å². The van der Waals surface area contributed by atoms with Gasteiger partial charge in [0.05, 0.1) is 10.1 Å². The van der Waals surface area contributed by atoms with Crippen LogP contribution in [0, 0.1) is 0 Å². The largest absolute Gasteiger partial charge is 0.478 e. The van der Waals surface area contributed by atoms with Crippen LogP contribution in [0.1, 0.15) is 0 Å². The molecule has 1 atom stereocenters.